The molecule has 1 N–H and O–H groups in total. The van der Waals surface area contributed by atoms with Gasteiger partial charge in [0.05, 0.1) is 5.41 Å². The van der Waals surface area contributed by atoms with Crippen molar-refractivity contribution in [2.24, 2.45) is 0 Å². The summed E-state index contributed by atoms with van der Waals surface area (Å²) in [4.78, 5) is 37.9. The van der Waals surface area contributed by atoms with E-state index in [2.05, 4.69) is 27.9 Å². The minimum atomic E-state index is -0.563. The number of imide groups is 1. The molecule has 6 heteroatoms. The Balaban J connectivity index is 1.80. The summed E-state index contributed by atoms with van der Waals surface area (Å²) in [6.45, 7) is 0. The fourth-order valence-electron chi connectivity index (χ4n) is 3.41. The molecule has 0 bridgehead atoms. The van der Waals surface area contributed by atoms with Gasteiger partial charge in [-0.15, -0.1) is 0 Å². The average Bonchev–Trinajstić information content (AvgIpc) is 3.19. The number of nitrogens with one attached hydrogen (secondary N) is 1. The van der Waals surface area contributed by atoms with Crippen LogP contribution in [0.1, 0.15) is 31.2 Å². The molecule has 5 nitrogen and oxygen atoms in total. The van der Waals surface area contributed by atoms with Crippen molar-refractivity contribution in [2.75, 3.05) is 4.90 Å². The number of rotatable bonds is 1. The largest absolute Gasteiger partial charge is 0.299 e. The summed E-state index contributed by atoms with van der Waals surface area (Å²) in [7, 11) is 0. The van der Waals surface area contributed by atoms with Gasteiger partial charge in [-0.05, 0) is 59.5 Å². The minimum Gasteiger partial charge on any atom is -0.299 e. The molecule has 2 fully saturated rings. The highest BCUT2D eigenvalue weighted by Crippen LogP contribution is 2.58. The van der Waals surface area contributed by atoms with E-state index in [0.717, 1.165) is 27.7 Å². The molecule has 1 spiro atoms. The topological polar surface area (TPSA) is 66.5 Å². The maximum absolute atomic E-state index is 12.8. The first kappa shape index (κ1) is 13.2. The van der Waals surface area contributed by atoms with Crippen LogP contribution in [-0.4, -0.2) is 23.8 Å². The number of fused-ring (bicyclic) bond motifs is 2. The van der Waals surface area contributed by atoms with Gasteiger partial charge in [-0.2, -0.15) is 0 Å². The van der Waals surface area contributed by atoms with Crippen LogP contribution in [0.25, 0.3) is 0 Å². The summed E-state index contributed by atoms with van der Waals surface area (Å²) in [6.07, 6.45) is 2.39. The standard InChI is InChI=1S/C15H13IN2O3/c16-8-1-2-9-11(7-8)18(14(21)15(9)5-6-15)10-3-4-12(19)17-13(10)20/h1-2,7,10H,3-6H2,(H,17,19,20). The van der Waals surface area contributed by atoms with Crippen LogP contribution in [0.3, 0.4) is 0 Å². The number of benzene rings is 1. The van der Waals surface area contributed by atoms with Gasteiger partial charge in [-0.3, -0.25) is 24.6 Å². The van der Waals surface area contributed by atoms with Crippen molar-refractivity contribution >= 4 is 46.0 Å². The molecule has 1 aliphatic carbocycles. The third kappa shape index (κ3) is 1.77. The predicted molar refractivity (Wildman–Crippen MR) is 83.7 cm³/mol. The van der Waals surface area contributed by atoms with Crippen molar-refractivity contribution in [3.05, 3.63) is 27.3 Å². The molecule has 21 heavy (non-hydrogen) atoms. The number of carbonyl (C=O) groups is 3. The first-order chi connectivity index (χ1) is 10.0. The van der Waals surface area contributed by atoms with Gasteiger partial charge in [-0.25, -0.2) is 0 Å². The molecular formula is C15H13IN2O3. The Kier molecular flexibility index (Phi) is 2.70. The van der Waals surface area contributed by atoms with E-state index in [-0.39, 0.29) is 24.1 Å². The number of hydrogen-bond acceptors (Lipinski definition) is 3. The molecule has 1 saturated heterocycles. The highest BCUT2D eigenvalue weighted by atomic mass is 127. The minimum absolute atomic E-state index is 0.0222. The van der Waals surface area contributed by atoms with Crippen LogP contribution in [-0.2, 0) is 19.8 Å². The molecule has 1 atom stereocenters. The second-order valence-corrected chi connectivity index (χ2v) is 7.13. The van der Waals surface area contributed by atoms with E-state index in [4.69, 9.17) is 0 Å². The van der Waals surface area contributed by atoms with Crippen LogP contribution in [0.2, 0.25) is 0 Å². The fraction of sp³-hybridized carbons (Fsp3) is 0.400. The molecule has 0 radical (unpaired) electrons. The van der Waals surface area contributed by atoms with Crippen LogP contribution in [0, 0.1) is 3.57 Å². The lowest BCUT2D eigenvalue weighted by atomic mass is 9.98. The van der Waals surface area contributed by atoms with Gasteiger partial charge in [0.25, 0.3) is 0 Å². The summed E-state index contributed by atoms with van der Waals surface area (Å²) in [5, 5.41) is 2.35. The van der Waals surface area contributed by atoms with E-state index < -0.39 is 11.5 Å². The zero-order chi connectivity index (χ0) is 14.8. The highest BCUT2D eigenvalue weighted by Gasteiger charge is 2.61. The normalized spacial score (nSPS) is 26.0. The van der Waals surface area contributed by atoms with E-state index in [1.54, 1.807) is 4.90 Å². The maximum Gasteiger partial charge on any atom is 0.249 e. The van der Waals surface area contributed by atoms with Gasteiger partial charge in [0.15, 0.2) is 0 Å². The molecule has 1 unspecified atom stereocenters. The highest BCUT2D eigenvalue weighted by molar-refractivity contribution is 14.1. The predicted octanol–water partition coefficient (Wildman–Crippen LogP) is 1.47. The Morgan fingerprint density at radius 1 is 1.24 bits per heavy atom. The molecule has 1 saturated carbocycles. The number of anilines is 1. The third-order valence-electron chi connectivity index (χ3n) is 4.63. The van der Waals surface area contributed by atoms with Crippen LogP contribution in [0.5, 0.6) is 0 Å². The zero-order valence-corrected chi connectivity index (χ0v) is 13.3. The lowest BCUT2D eigenvalue weighted by Crippen LogP contribution is -2.54. The van der Waals surface area contributed by atoms with Crippen LogP contribution < -0.4 is 10.2 Å². The lowest BCUT2D eigenvalue weighted by molar-refractivity contribution is -0.135. The van der Waals surface area contributed by atoms with Crippen molar-refractivity contribution in [3.8, 4) is 0 Å². The van der Waals surface area contributed by atoms with Gasteiger partial charge in [0.2, 0.25) is 17.7 Å². The number of carbonyl (C=O) groups excluding carboxylic acids is 3. The van der Waals surface area contributed by atoms with Gasteiger partial charge in [0.1, 0.15) is 6.04 Å². The van der Waals surface area contributed by atoms with E-state index in [0.29, 0.717) is 6.42 Å². The smallest absolute Gasteiger partial charge is 0.249 e. The van der Waals surface area contributed by atoms with E-state index in [9.17, 15) is 14.4 Å². The molecule has 1 aromatic carbocycles. The Labute approximate surface area is 135 Å². The van der Waals surface area contributed by atoms with Gasteiger partial charge >= 0.3 is 0 Å². The molecule has 2 aliphatic heterocycles. The van der Waals surface area contributed by atoms with Crippen molar-refractivity contribution in [2.45, 2.75) is 37.1 Å². The quantitative estimate of drug-likeness (QED) is 0.578. The Hall–Kier alpha value is -1.44. The Bertz CT molecular complexity index is 696. The number of hydrogen-bond donors (Lipinski definition) is 1. The van der Waals surface area contributed by atoms with Crippen LogP contribution >= 0.6 is 22.6 Å². The van der Waals surface area contributed by atoms with Gasteiger partial charge < -0.3 is 0 Å². The molecule has 2 heterocycles. The number of halogens is 1. The number of nitrogens with zero attached hydrogens (tertiary/aromatic N) is 1. The SMILES string of the molecule is O=C1CCC(N2C(=O)C3(CC3)c3ccc(I)cc32)C(=O)N1. The molecule has 3 amide bonds. The Morgan fingerprint density at radius 2 is 2.00 bits per heavy atom. The van der Waals surface area contributed by atoms with Crippen molar-refractivity contribution in [3.63, 3.8) is 0 Å². The van der Waals surface area contributed by atoms with Crippen LogP contribution in [0.4, 0.5) is 5.69 Å². The summed E-state index contributed by atoms with van der Waals surface area (Å²) in [5.74, 6) is -0.594. The monoisotopic (exact) mass is 396 g/mol. The molecule has 4 rings (SSSR count). The molecule has 0 aromatic heterocycles. The molecular weight excluding hydrogens is 383 g/mol. The van der Waals surface area contributed by atoms with Crippen LogP contribution in [0.15, 0.2) is 18.2 Å². The molecule has 1 aromatic rings. The molecule has 3 aliphatic rings. The van der Waals surface area contributed by atoms with Crippen molar-refractivity contribution in [1.82, 2.24) is 5.32 Å². The van der Waals surface area contributed by atoms with E-state index >= 15 is 0 Å². The lowest BCUT2D eigenvalue weighted by Gasteiger charge is -2.30. The Morgan fingerprint density at radius 3 is 2.67 bits per heavy atom. The first-order valence-corrected chi connectivity index (χ1v) is 8.08. The number of amides is 3. The van der Waals surface area contributed by atoms with E-state index in [1.165, 1.54) is 0 Å². The van der Waals surface area contributed by atoms with E-state index in [1.807, 2.05) is 18.2 Å². The van der Waals surface area contributed by atoms with Crippen molar-refractivity contribution < 1.29 is 14.4 Å². The average molecular weight is 396 g/mol. The third-order valence-corrected chi connectivity index (χ3v) is 5.31. The summed E-state index contributed by atoms with van der Waals surface area (Å²) in [6, 6.07) is 5.41. The second-order valence-electron chi connectivity index (χ2n) is 5.89. The zero-order valence-electron chi connectivity index (χ0n) is 11.2. The van der Waals surface area contributed by atoms with Gasteiger partial charge in [-0.1, -0.05) is 6.07 Å². The fourth-order valence-corrected chi connectivity index (χ4v) is 3.88. The maximum atomic E-state index is 12.8. The first-order valence-electron chi connectivity index (χ1n) is 7.00. The number of piperidine rings is 1. The summed E-state index contributed by atoms with van der Waals surface area (Å²) in [5.41, 5.74) is 1.48. The summed E-state index contributed by atoms with van der Waals surface area (Å²) < 4.78 is 1.04. The second kappa shape index (κ2) is 4.28. The van der Waals surface area contributed by atoms with Crippen molar-refractivity contribution in [1.29, 1.82) is 0 Å². The van der Waals surface area contributed by atoms with Gasteiger partial charge in [0, 0.05) is 15.7 Å². The molecule has 108 valence electrons. The summed E-state index contributed by atoms with van der Waals surface area (Å²) >= 11 is 2.21.